The number of hydrogen-bond donors (Lipinski definition) is 0. The fourth-order valence-electron chi connectivity index (χ4n) is 5.89. The first-order chi connectivity index (χ1) is 25.3. The van der Waals surface area contributed by atoms with Gasteiger partial charge in [0.1, 0.15) is 5.69 Å². The lowest BCUT2D eigenvalue weighted by molar-refractivity contribution is 0.378. The van der Waals surface area contributed by atoms with E-state index in [0.717, 1.165) is 12.8 Å². The molecule has 0 saturated heterocycles. The molecule has 294 valence electrons. The Labute approximate surface area is 293 Å². The van der Waals surface area contributed by atoms with Crippen molar-refractivity contribution in [2.24, 2.45) is 5.92 Å². The number of rotatable bonds is 13. The average Bonchev–Trinajstić information content (AvgIpc) is 3.15. The molecule has 4 aromatic carbocycles. The van der Waals surface area contributed by atoms with Gasteiger partial charge in [0.15, 0.2) is 93.1 Å². The van der Waals surface area contributed by atoms with E-state index in [0.29, 0.717) is 12.8 Å². The minimum Gasteiger partial charge on any atom is -0.333 e. The molecule has 0 fully saturated rings. The third-order valence-corrected chi connectivity index (χ3v) is 8.75. The number of anilines is 2. The molecule has 0 bridgehead atoms. The molecule has 0 amide bonds. The van der Waals surface area contributed by atoms with Crippen LogP contribution in [0.4, 0.5) is 90.4 Å². The van der Waals surface area contributed by atoms with Crippen LogP contribution in [-0.4, -0.2) is 6.54 Å². The second kappa shape index (κ2) is 16.4. The van der Waals surface area contributed by atoms with E-state index in [1.54, 1.807) is 0 Å². The Morgan fingerprint density at radius 2 is 0.648 bits per heavy atom. The van der Waals surface area contributed by atoms with Crippen molar-refractivity contribution < 1.29 is 79.0 Å². The number of hydrogen-bond acceptors (Lipinski definition) is 1. The van der Waals surface area contributed by atoms with Gasteiger partial charge in [-0.25, -0.2) is 79.0 Å². The summed E-state index contributed by atoms with van der Waals surface area (Å²) in [5.41, 5.74) is -14.8. The van der Waals surface area contributed by atoms with E-state index in [4.69, 9.17) is 0 Å². The molecule has 0 aliphatic heterocycles. The van der Waals surface area contributed by atoms with Crippen molar-refractivity contribution in [2.45, 2.75) is 58.8 Å². The van der Waals surface area contributed by atoms with E-state index in [-0.39, 0.29) is 12.8 Å². The lowest BCUT2D eigenvalue weighted by Crippen LogP contribution is -2.27. The highest BCUT2D eigenvalue weighted by Crippen LogP contribution is 2.48. The van der Waals surface area contributed by atoms with E-state index in [9.17, 15) is 43.9 Å². The summed E-state index contributed by atoms with van der Waals surface area (Å²) in [6.45, 7) is 2.07. The van der Waals surface area contributed by atoms with Crippen molar-refractivity contribution in [3.05, 3.63) is 105 Å². The zero-order valence-electron chi connectivity index (χ0n) is 27.5. The van der Waals surface area contributed by atoms with Crippen molar-refractivity contribution in [2.75, 3.05) is 11.4 Å². The third-order valence-electron chi connectivity index (χ3n) is 8.75. The topological polar surface area (TPSA) is 3.24 Å². The van der Waals surface area contributed by atoms with Gasteiger partial charge in [-0.1, -0.05) is 52.4 Å². The van der Waals surface area contributed by atoms with Crippen LogP contribution < -0.4 is 4.90 Å². The van der Waals surface area contributed by atoms with Gasteiger partial charge in [0, 0.05) is 6.54 Å². The largest absolute Gasteiger partial charge is 0.333 e. The van der Waals surface area contributed by atoms with Crippen LogP contribution in [-0.2, 0) is 0 Å². The Hall–Kier alpha value is -4.58. The lowest BCUT2D eigenvalue weighted by atomic mass is 9.93. The normalized spacial score (nSPS) is 12.2. The van der Waals surface area contributed by atoms with Gasteiger partial charge in [-0.3, -0.25) is 0 Å². The average molecular weight is 800 g/mol. The molecular weight excluding hydrogens is 776 g/mol. The summed E-state index contributed by atoms with van der Waals surface area (Å²) in [6, 6.07) is 0. The molecule has 1 nitrogen and oxygen atoms in total. The van der Waals surface area contributed by atoms with Crippen molar-refractivity contribution in [1.29, 1.82) is 0 Å². The second-order valence-corrected chi connectivity index (χ2v) is 11.9. The lowest BCUT2D eigenvalue weighted by Gasteiger charge is -2.31. The fourth-order valence-corrected chi connectivity index (χ4v) is 5.89. The molecule has 54 heavy (non-hydrogen) atoms. The third kappa shape index (κ3) is 7.05. The summed E-state index contributed by atoms with van der Waals surface area (Å²) < 4.78 is 268. The predicted octanol–water partition coefficient (Wildman–Crippen LogP) is 13.0. The summed E-state index contributed by atoms with van der Waals surface area (Å²) >= 11 is 0. The Morgan fingerprint density at radius 3 is 1.04 bits per heavy atom. The van der Waals surface area contributed by atoms with E-state index in [1.165, 1.54) is 6.92 Å². The standard InChI is InChI=1S/C35H23F18N/c1-3-5-6-7-8-11(4-2)9-10-54(34-15(22(42)27(47)30(50)33(34)53)14-18(38)25(45)29(49)26(46)19(14)39)35-31(51)20(40)13(21(41)32(35)52)12-16(36)23(43)28(48)24(44)17(12)37/h11H,3-10H2,1-2H3. The van der Waals surface area contributed by atoms with Crippen molar-refractivity contribution in [3.8, 4) is 22.3 Å². The summed E-state index contributed by atoms with van der Waals surface area (Å²) in [5, 5.41) is 0. The van der Waals surface area contributed by atoms with E-state index < -0.39 is 162 Å². The molecule has 0 aliphatic rings. The van der Waals surface area contributed by atoms with E-state index >= 15 is 35.1 Å². The van der Waals surface area contributed by atoms with Crippen LogP contribution in [0.25, 0.3) is 22.3 Å². The van der Waals surface area contributed by atoms with Gasteiger partial charge in [0.05, 0.1) is 27.9 Å². The second-order valence-electron chi connectivity index (χ2n) is 11.9. The van der Waals surface area contributed by atoms with Crippen LogP contribution >= 0.6 is 0 Å². The Balaban J connectivity index is 2.16. The van der Waals surface area contributed by atoms with Gasteiger partial charge >= 0.3 is 0 Å². The number of benzene rings is 4. The fraction of sp³-hybridized carbons (Fsp3) is 0.314. The zero-order valence-corrected chi connectivity index (χ0v) is 27.5. The maximum absolute atomic E-state index is 16.0. The Morgan fingerprint density at radius 1 is 0.333 bits per heavy atom. The zero-order chi connectivity index (χ0) is 40.7. The van der Waals surface area contributed by atoms with Crippen molar-refractivity contribution >= 4 is 11.4 Å². The Kier molecular flexibility index (Phi) is 12.8. The minimum atomic E-state index is -3.00. The molecule has 4 aromatic rings. The molecule has 0 radical (unpaired) electrons. The molecule has 4 rings (SSSR count). The van der Waals surface area contributed by atoms with Crippen LogP contribution in [0.2, 0.25) is 0 Å². The van der Waals surface area contributed by atoms with Gasteiger partial charge in [-0.15, -0.1) is 0 Å². The SMILES string of the molecule is CCCCCCC(CC)CCN(c1c(F)c(F)c(-c2c(F)c(F)c(F)c(F)c2F)c(F)c1F)c1c(F)c(F)c(F)c(F)c1-c1c(F)c(F)c(F)c(F)c1F. The van der Waals surface area contributed by atoms with Gasteiger partial charge < -0.3 is 4.90 Å². The first kappa shape index (κ1) is 42.2. The molecule has 0 saturated carbocycles. The highest BCUT2D eigenvalue weighted by molar-refractivity contribution is 5.85. The quantitative estimate of drug-likeness (QED) is 0.0564. The van der Waals surface area contributed by atoms with Gasteiger partial charge in [0.25, 0.3) is 0 Å². The first-order valence-corrected chi connectivity index (χ1v) is 15.8. The molecular formula is C35H23F18N. The number of halogens is 18. The molecule has 0 aromatic heterocycles. The summed E-state index contributed by atoms with van der Waals surface area (Å²) in [4.78, 5) is -0.484. The molecule has 0 aliphatic carbocycles. The predicted molar refractivity (Wildman–Crippen MR) is 157 cm³/mol. The molecule has 19 heteroatoms. The van der Waals surface area contributed by atoms with Crippen LogP contribution in [0, 0.1) is 111 Å². The number of unbranched alkanes of at least 4 members (excludes halogenated alkanes) is 3. The molecule has 1 atom stereocenters. The maximum Gasteiger partial charge on any atom is 0.200 e. The molecule has 0 heterocycles. The van der Waals surface area contributed by atoms with Crippen LogP contribution in [0.15, 0.2) is 0 Å². The van der Waals surface area contributed by atoms with E-state index in [1.807, 2.05) is 6.92 Å². The van der Waals surface area contributed by atoms with Crippen LogP contribution in [0.3, 0.4) is 0 Å². The van der Waals surface area contributed by atoms with Gasteiger partial charge in [0.2, 0.25) is 11.6 Å². The highest BCUT2D eigenvalue weighted by Gasteiger charge is 2.40. The monoisotopic (exact) mass is 799 g/mol. The summed E-state index contributed by atoms with van der Waals surface area (Å²) in [5.74, 6) is -53.5. The van der Waals surface area contributed by atoms with Crippen LogP contribution in [0.1, 0.15) is 58.8 Å². The molecule has 1 unspecified atom stereocenters. The first-order valence-electron chi connectivity index (χ1n) is 15.8. The molecule has 0 spiro atoms. The molecule has 0 N–H and O–H groups in total. The van der Waals surface area contributed by atoms with Crippen molar-refractivity contribution in [3.63, 3.8) is 0 Å². The Bertz CT molecular complexity index is 2030. The van der Waals surface area contributed by atoms with Gasteiger partial charge in [-0.05, 0) is 12.3 Å². The van der Waals surface area contributed by atoms with Crippen LogP contribution in [0.5, 0.6) is 0 Å². The smallest absolute Gasteiger partial charge is 0.200 e. The summed E-state index contributed by atoms with van der Waals surface area (Å²) in [6.07, 6.45) is 2.41. The summed E-state index contributed by atoms with van der Waals surface area (Å²) in [7, 11) is 0. The minimum absolute atomic E-state index is 0.159. The number of nitrogens with zero attached hydrogens (tertiary/aromatic N) is 1. The van der Waals surface area contributed by atoms with Crippen molar-refractivity contribution in [1.82, 2.24) is 0 Å². The maximum atomic E-state index is 16.0. The van der Waals surface area contributed by atoms with E-state index in [2.05, 4.69) is 0 Å². The van der Waals surface area contributed by atoms with Gasteiger partial charge in [-0.2, -0.15) is 0 Å². The highest BCUT2D eigenvalue weighted by atomic mass is 19.2.